The molecule has 1 saturated carbocycles. The predicted octanol–water partition coefficient (Wildman–Crippen LogP) is 3.02. The van der Waals surface area contributed by atoms with Crippen LogP contribution in [0.4, 0.5) is 4.79 Å². The van der Waals surface area contributed by atoms with Crippen molar-refractivity contribution in [1.29, 1.82) is 0 Å². The Hall–Kier alpha value is -1.26. The first kappa shape index (κ1) is 16.8. The molecule has 5 heteroatoms. The van der Waals surface area contributed by atoms with Crippen LogP contribution < -0.4 is 5.32 Å². The molecule has 0 saturated heterocycles. The van der Waals surface area contributed by atoms with Crippen LogP contribution in [0.15, 0.2) is 0 Å². The van der Waals surface area contributed by atoms with E-state index in [1.54, 1.807) is 6.92 Å². The Morgan fingerprint density at radius 1 is 1.15 bits per heavy atom. The molecule has 116 valence electrons. The highest BCUT2D eigenvalue weighted by Gasteiger charge is 2.32. The lowest BCUT2D eigenvalue weighted by atomic mass is 9.95. The molecule has 5 nitrogen and oxygen atoms in total. The Kier molecular flexibility index (Phi) is 6.30. The topological polar surface area (TPSA) is 64.6 Å². The van der Waals surface area contributed by atoms with E-state index < -0.39 is 11.7 Å². The summed E-state index contributed by atoms with van der Waals surface area (Å²) in [7, 11) is 0. The Morgan fingerprint density at radius 3 is 2.40 bits per heavy atom. The number of esters is 1. The average molecular weight is 285 g/mol. The van der Waals surface area contributed by atoms with Gasteiger partial charge in [-0.25, -0.2) is 4.79 Å². The van der Waals surface area contributed by atoms with E-state index in [1.165, 1.54) is 0 Å². The summed E-state index contributed by atoms with van der Waals surface area (Å²) >= 11 is 0. The van der Waals surface area contributed by atoms with Gasteiger partial charge in [-0.15, -0.1) is 0 Å². The standard InChI is InChI=1S/C15H27NO4/c1-5-19-13(17)11-9-7-6-8-10-12(11)16-14(18)20-15(2,3)4/h11-12H,5-10H2,1-4H3,(H,16,18)/t11-,12-/m0/s1. The number of alkyl carbamates (subject to hydrolysis) is 1. The largest absolute Gasteiger partial charge is 0.466 e. The third kappa shape index (κ3) is 5.80. The maximum atomic E-state index is 12.0. The molecular weight excluding hydrogens is 258 g/mol. The van der Waals surface area contributed by atoms with Crippen molar-refractivity contribution in [2.75, 3.05) is 6.61 Å². The summed E-state index contributed by atoms with van der Waals surface area (Å²) in [6.07, 6.45) is 4.19. The van der Waals surface area contributed by atoms with Crippen molar-refractivity contribution in [1.82, 2.24) is 5.32 Å². The first-order chi connectivity index (χ1) is 9.33. The van der Waals surface area contributed by atoms with Gasteiger partial charge in [0.1, 0.15) is 5.60 Å². The van der Waals surface area contributed by atoms with Crippen molar-refractivity contribution in [3.05, 3.63) is 0 Å². The van der Waals surface area contributed by atoms with Gasteiger partial charge < -0.3 is 14.8 Å². The van der Waals surface area contributed by atoms with E-state index >= 15 is 0 Å². The second-order valence-corrected chi connectivity index (χ2v) is 6.25. The molecule has 1 amide bonds. The average Bonchev–Trinajstić information content (AvgIpc) is 2.52. The predicted molar refractivity (Wildman–Crippen MR) is 76.4 cm³/mol. The molecule has 0 heterocycles. The molecule has 0 unspecified atom stereocenters. The van der Waals surface area contributed by atoms with E-state index in [-0.39, 0.29) is 17.9 Å². The first-order valence-corrected chi connectivity index (χ1v) is 7.49. The zero-order valence-corrected chi connectivity index (χ0v) is 13.0. The number of hydrogen-bond acceptors (Lipinski definition) is 4. The van der Waals surface area contributed by atoms with Crippen molar-refractivity contribution >= 4 is 12.1 Å². The zero-order valence-electron chi connectivity index (χ0n) is 13.0. The van der Waals surface area contributed by atoms with Crippen molar-refractivity contribution < 1.29 is 19.1 Å². The number of ether oxygens (including phenoxy) is 2. The molecular formula is C15H27NO4. The lowest BCUT2D eigenvalue weighted by molar-refractivity contribution is -0.149. The molecule has 1 fully saturated rings. The van der Waals surface area contributed by atoms with E-state index in [0.717, 1.165) is 32.1 Å². The number of hydrogen-bond donors (Lipinski definition) is 1. The Balaban J connectivity index is 2.66. The minimum absolute atomic E-state index is 0.189. The van der Waals surface area contributed by atoms with Gasteiger partial charge in [-0.2, -0.15) is 0 Å². The van der Waals surface area contributed by atoms with Crippen LogP contribution >= 0.6 is 0 Å². The van der Waals surface area contributed by atoms with Crippen LogP contribution in [0.5, 0.6) is 0 Å². The summed E-state index contributed by atoms with van der Waals surface area (Å²) < 4.78 is 10.4. The normalized spacial score (nSPS) is 23.6. The van der Waals surface area contributed by atoms with Gasteiger partial charge in [0, 0.05) is 6.04 Å². The maximum absolute atomic E-state index is 12.0. The van der Waals surface area contributed by atoms with Crippen LogP contribution in [0.25, 0.3) is 0 Å². The highest BCUT2D eigenvalue weighted by atomic mass is 16.6. The van der Waals surface area contributed by atoms with Crippen LogP contribution in [0, 0.1) is 5.92 Å². The second kappa shape index (κ2) is 7.50. The quantitative estimate of drug-likeness (QED) is 0.639. The Labute approximate surface area is 121 Å². The smallest absolute Gasteiger partial charge is 0.407 e. The Morgan fingerprint density at radius 2 is 1.80 bits per heavy atom. The van der Waals surface area contributed by atoms with Gasteiger partial charge in [0.25, 0.3) is 0 Å². The highest BCUT2D eigenvalue weighted by molar-refractivity contribution is 5.75. The van der Waals surface area contributed by atoms with Crippen LogP contribution in [0.1, 0.15) is 59.8 Å². The van der Waals surface area contributed by atoms with Crippen LogP contribution in [-0.2, 0) is 14.3 Å². The number of carbonyl (C=O) groups is 2. The Bertz CT molecular complexity index is 335. The van der Waals surface area contributed by atoms with Crippen LogP contribution in [-0.4, -0.2) is 30.3 Å². The SMILES string of the molecule is CCOC(=O)[C@H]1CCCCC[C@@H]1NC(=O)OC(C)(C)C. The van der Waals surface area contributed by atoms with Gasteiger partial charge in [-0.3, -0.25) is 4.79 Å². The molecule has 0 aliphatic heterocycles. The second-order valence-electron chi connectivity index (χ2n) is 6.25. The highest BCUT2D eigenvalue weighted by Crippen LogP contribution is 2.25. The summed E-state index contributed by atoms with van der Waals surface area (Å²) in [6.45, 7) is 7.63. The molecule has 1 aliphatic carbocycles. The molecule has 1 N–H and O–H groups in total. The number of amides is 1. The van der Waals surface area contributed by atoms with Crippen molar-refractivity contribution in [3.63, 3.8) is 0 Å². The lowest BCUT2D eigenvalue weighted by Gasteiger charge is -2.26. The summed E-state index contributed by atoms with van der Waals surface area (Å²) in [5, 5.41) is 2.84. The summed E-state index contributed by atoms with van der Waals surface area (Å²) in [5.74, 6) is -0.472. The van der Waals surface area contributed by atoms with Crippen molar-refractivity contribution in [3.8, 4) is 0 Å². The molecule has 2 atom stereocenters. The summed E-state index contributed by atoms with van der Waals surface area (Å²) in [6, 6.07) is -0.189. The fourth-order valence-corrected chi connectivity index (χ4v) is 2.47. The van der Waals surface area contributed by atoms with E-state index in [1.807, 2.05) is 20.8 Å². The molecule has 0 bridgehead atoms. The maximum Gasteiger partial charge on any atom is 0.407 e. The minimum Gasteiger partial charge on any atom is -0.466 e. The summed E-state index contributed by atoms with van der Waals surface area (Å²) in [5.41, 5.74) is -0.533. The van der Waals surface area contributed by atoms with Gasteiger partial charge in [0.05, 0.1) is 12.5 Å². The van der Waals surface area contributed by atoms with Crippen molar-refractivity contribution in [2.45, 2.75) is 71.4 Å². The van der Waals surface area contributed by atoms with Gasteiger partial charge >= 0.3 is 12.1 Å². The van der Waals surface area contributed by atoms with E-state index in [9.17, 15) is 9.59 Å². The third-order valence-corrected chi connectivity index (χ3v) is 3.31. The lowest BCUT2D eigenvalue weighted by Crippen LogP contribution is -2.45. The molecule has 0 aromatic heterocycles. The number of nitrogens with one attached hydrogen (secondary N) is 1. The van der Waals surface area contributed by atoms with Gasteiger partial charge in [0.2, 0.25) is 0 Å². The minimum atomic E-state index is -0.533. The number of rotatable bonds is 3. The molecule has 1 aliphatic rings. The molecule has 20 heavy (non-hydrogen) atoms. The third-order valence-electron chi connectivity index (χ3n) is 3.31. The van der Waals surface area contributed by atoms with Gasteiger partial charge in [-0.1, -0.05) is 19.3 Å². The number of carbonyl (C=O) groups excluding carboxylic acids is 2. The van der Waals surface area contributed by atoms with Crippen LogP contribution in [0.3, 0.4) is 0 Å². The first-order valence-electron chi connectivity index (χ1n) is 7.49. The fraction of sp³-hybridized carbons (Fsp3) is 0.867. The molecule has 0 radical (unpaired) electrons. The molecule has 0 aromatic carbocycles. The zero-order chi connectivity index (χ0) is 15.2. The van der Waals surface area contributed by atoms with E-state index in [2.05, 4.69) is 5.32 Å². The van der Waals surface area contributed by atoms with Crippen LogP contribution in [0.2, 0.25) is 0 Å². The summed E-state index contributed by atoms with van der Waals surface area (Å²) in [4.78, 5) is 23.9. The molecule has 0 aromatic rings. The molecule has 1 rings (SSSR count). The van der Waals surface area contributed by atoms with Gasteiger partial charge in [0.15, 0.2) is 0 Å². The molecule has 0 spiro atoms. The van der Waals surface area contributed by atoms with Gasteiger partial charge in [-0.05, 0) is 40.5 Å². The van der Waals surface area contributed by atoms with E-state index in [4.69, 9.17) is 9.47 Å². The fourth-order valence-electron chi connectivity index (χ4n) is 2.47. The van der Waals surface area contributed by atoms with Crippen molar-refractivity contribution in [2.24, 2.45) is 5.92 Å². The van der Waals surface area contributed by atoms with E-state index in [0.29, 0.717) is 6.61 Å². The monoisotopic (exact) mass is 285 g/mol.